The van der Waals surface area contributed by atoms with Crippen LogP contribution in [0.1, 0.15) is 0 Å². The molecule has 9 heteroatoms. The first kappa shape index (κ1) is 26.9. The maximum absolute atomic E-state index is 13.1. The van der Waals surface area contributed by atoms with Crippen molar-refractivity contribution in [1.29, 1.82) is 0 Å². The van der Waals surface area contributed by atoms with Crippen LogP contribution in [-0.4, -0.2) is 60.8 Å². The van der Waals surface area contributed by atoms with Gasteiger partial charge >= 0.3 is 6.03 Å². The number of methoxy groups -OCH3 is 1. The van der Waals surface area contributed by atoms with Gasteiger partial charge in [-0.05, 0) is 41.8 Å². The van der Waals surface area contributed by atoms with E-state index in [2.05, 4.69) is 38.9 Å². The number of anilines is 2. The van der Waals surface area contributed by atoms with Crippen LogP contribution in [0.2, 0.25) is 0 Å². The molecule has 0 aliphatic carbocycles. The molecule has 0 saturated carbocycles. The maximum atomic E-state index is 13.1. The normalized spacial score (nSPS) is 13.2. The monoisotopic (exact) mass is 561 g/mol. The Balaban J connectivity index is 1.08. The van der Waals surface area contributed by atoms with E-state index in [-0.39, 0.29) is 6.03 Å². The van der Waals surface area contributed by atoms with Crippen molar-refractivity contribution in [1.82, 2.24) is 14.9 Å². The van der Waals surface area contributed by atoms with Gasteiger partial charge in [-0.15, -0.1) is 0 Å². The summed E-state index contributed by atoms with van der Waals surface area (Å²) in [6, 6.07) is 25.1. The lowest BCUT2D eigenvalue weighted by Crippen LogP contribution is -2.50. The molecule has 1 fully saturated rings. The number of fused-ring (bicyclic) bond motifs is 2. The molecule has 0 unspecified atom stereocenters. The molecule has 6 rings (SSSR count). The summed E-state index contributed by atoms with van der Waals surface area (Å²) < 4.78 is 17.4. The fourth-order valence-electron chi connectivity index (χ4n) is 5.07. The SMILES string of the molecule is C=CCOc1cc2ncnc(N3CCN(C(=O)Nc4ccc(Oc5cccc6ccccc56)cc4)CC3)c2cc1OC. The third-order valence-corrected chi connectivity index (χ3v) is 7.21. The fourth-order valence-corrected chi connectivity index (χ4v) is 5.07. The van der Waals surface area contributed by atoms with Crippen LogP contribution >= 0.6 is 0 Å². The summed E-state index contributed by atoms with van der Waals surface area (Å²) in [4.78, 5) is 26.0. The summed E-state index contributed by atoms with van der Waals surface area (Å²) in [5.41, 5.74) is 1.46. The molecule has 0 spiro atoms. The molecule has 4 aromatic carbocycles. The van der Waals surface area contributed by atoms with E-state index in [1.54, 1.807) is 19.5 Å². The molecule has 0 atom stereocenters. The Labute approximate surface area is 244 Å². The molecule has 1 aliphatic heterocycles. The summed E-state index contributed by atoms with van der Waals surface area (Å²) in [7, 11) is 1.61. The zero-order valence-electron chi connectivity index (χ0n) is 23.3. The minimum atomic E-state index is -0.143. The van der Waals surface area contributed by atoms with Crippen LogP contribution in [0, 0.1) is 0 Å². The van der Waals surface area contributed by atoms with Crippen molar-refractivity contribution in [3.63, 3.8) is 0 Å². The van der Waals surface area contributed by atoms with Gasteiger partial charge in [0.2, 0.25) is 0 Å². The van der Waals surface area contributed by atoms with Gasteiger partial charge in [0.15, 0.2) is 11.5 Å². The number of benzene rings is 4. The number of nitrogens with one attached hydrogen (secondary N) is 1. The largest absolute Gasteiger partial charge is 0.493 e. The van der Waals surface area contributed by atoms with E-state index < -0.39 is 0 Å². The summed E-state index contributed by atoms with van der Waals surface area (Å²) in [6.07, 6.45) is 3.23. The smallest absolute Gasteiger partial charge is 0.321 e. The van der Waals surface area contributed by atoms with E-state index >= 15 is 0 Å². The molecular formula is C33H31N5O4. The molecule has 1 aliphatic rings. The van der Waals surface area contributed by atoms with E-state index in [9.17, 15) is 4.79 Å². The molecule has 0 bridgehead atoms. The Bertz CT molecular complexity index is 1730. The Kier molecular flexibility index (Phi) is 7.72. The number of ether oxygens (including phenoxy) is 3. The van der Waals surface area contributed by atoms with Gasteiger partial charge in [0.25, 0.3) is 0 Å². The van der Waals surface area contributed by atoms with Crippen molar-refractivity contribution < 1.29 is 19.0 Å². The minimum Gasteiger partial charge on any atom is -0.493 e. The van der Waals surface area contributed by atoms with Crippen LogP contribution < -0.4 is 24.4 Å². The number of amides is 2. The fraction of sp³-hybridized carbons (Fsp3) is 0.182. The summed E-state index contributed by atoms with van der Waals surface area (Å²) >= 11 is 0. The lowest BCUT2D eigenvalue weighted by Gasteiger charge is -2.35. The first-order chi connectivity index (χ1) is 20.6. The highest BCUT2D eigenvalue weighted by Gasteiger charge is 2.24. The van der Waals surface area contributed by atoms with Crippen LogP contribution in [0.4, 0.5) is 16.3 Å². The predicted molar refractivity (Wildman–Crippen MR) is 165 cm³/mol. The number of rotatable bonds is 8. The minimum absolute atomic E-state index is 0.143. The first-order valence-electron chi connectivity index (χ1n) is 13.8. The summed E-state index contributed by atoms with van der Waals surface area (Å²) in [6.45, 7) is 6.44. The van der Waals surface area contributed by atoms with Crippen molar-refractivity contribution in [2.24, 2.45) is 0 Å². The zero-order valence-corrected chi connectivity index (χ0v) is 23.3. The quantitative estimate of drug-likeness (QED) is 0.216. The van der Waals surface area contributed by atoms with Crippen molar-refractivity contribution >= 4 is 39.2 Å². The maximum Gasteiger partial charge on any atom is 0.321 e. The molecule has 1 aromatic heterocycles. The molecule has 1 N–H and O–H groups in total. The highest BCUT2D eigenvalue weighted by atomic mass is 16.5. The molecular weight excluding hydrogens is 530 g/mol. The van der Waals surface area contributed by atoms with Gasteiger partial charge < -0.3 is 29.3 Å². The standard InChI is InChI=1S/C33H31N5O4/c1-3-19-41-31-21-28-27(20-30(31)40-2)32(35-22-34-28)37-15-17-38(18-16-37)33(39)36-24-11-13-25(14-12-24)42-29-10-6-8-23-7-4-5-9-26(23)29/h3-14,20-22H,1,15-19H2,2H3,(H,36,39). The predicted octanol–water partition coefficient (Wildman–Crippen LogP) is 6.50. The molecule has 212 valence electrons. The Morgan fingerprint density at radius 3 is 2.48 bits per heavy atom. The molecule has 42 heavy (non-hydrogen) atoms. The van der Waals surface area contributed by atoms with Crippen LogP contribution in [-0.2, 0) is 0 Å². The highest BCUT2D eigenvalue weighted by Crippen LogP contribution is 2.35. The Morgan fingerprint density at radius 1 is 0.905 bits per heavy atom. The second-order valence-corrected chi connectivity index (χ2v) is 9.83. The number of aromatic nitrogens is 2. The first-order valence-corrected chi connectivity index (χ1v) is 13.8. The number of hydrogen-bond donors (Lipinski definition) is 1. The van der Waals surface area contributed by atoms with Crippen molar-refractivity contribution in [2.75, 3.05) is 50.1 Å². The highest BCUT2D eigenvalue weighted by molar-refractivity contribution is 5.93. The van der Waals surface area contributed by atoms with Crippen LogP contribution in [0.25, 0.3) is 21.7 Å². The van der Waals surface area contributed by atoms with Gasteiger partial charge in [0.1, 0.15) is 30.3 Å². The molecule has 2 heterocycles. The van der Waals surface area contributed by atoms with Gasteiger partial charge in [-0.2, -0.15) is 0 Å². The van der Waals surface area contributed by atoms with E-state index in [1.165, 1.54) is 0 Å². The summed E-state index contributed by atoms with van der Waals surface area (Å²) in [5, 5.41) is 6.04. The van der Waals surface area contributed by atoms with Crippen molar-refractivity contribution in [3.8, 4) is 23.0 Å². The van der Waals surface area contributed by atoms with Crippen molar-refractivity contribution in [2.45, 2.75) is 0 Å². The Hall–Kier alpha value is -5.31. The van der Waals surface area contributed by atoms with E-state index in [0.717, 1.165) is 33.2 Å². The van der Waals surface area contributed by atoms with Crippen LogP contribution in [0.5, 0.6) is 23.0 Å². The van der Waals surface area contributed by atoms with Crippen LogP contribution in [0.15, 0.2) is 97.8 Å². The van der Waals surface area contributed by atoms with E-state index in [4.69, 9.17) is 14.2 Å². The third kappa shape index (κ3) is 5.62. The van der Waals surface area contributed by atoms with E-state index in [1.807, 2.05) is 71.6 Å². The molecule has 5 aromatic rings. The lowest BCUT2D eigenvalue weighted by atomic mass is 10.1. The zero-order chi connectivity index (χ0) is 28.9. The second kappa shape index (κ2) is 12.1. The topological polar surface area (TPSA) is 89.1 Å². The third-order valence-electron chi connectivity index (χ3n) is 7.21. The summed E-state index contributed by atoms with van der Waals surface area (Å²) in [5.74, 6) is 3.50. The van der Waals surface area contributed by atoms with Gasteiger partial charge in [-0.25, -0.2) is 14.8 Å². The Morgan fingerprint density at radius 2 is 1.69 bits per heavy atom. The molecule has 1 saturated heterocycles. The van der Waals surface area contributed by atoms with Gasteiger partial charge in [-0.3, -0.25) is 0 Å². The van der Waals surface area contributed by atoms with Gasteiger partial charge in [0, 0.05) is 48.7 Å². The lowest BCUT2D eigenvalue weighted by molar-refractivity contribution is 0.208. The number of urea groups is 1. The number of nitrogens with zero attached hydrogens (tertiary/aromatic N) is 4. The number of piperazine rings is 1. The number of carbonyl (C=O) groups is 1. The molecule has 9 nitrogen and oxygen atoms in total. The van der Waals surface area contributed by atoms with Crippen LogP contribution in [0.3, 0.4) is 0 Å². The average Bonchev–Trinajstić information content (AvgIpc) is 3.04. The van der Waals surface area contributed by atoms with Gasteiger partial charge in [0.05, 0.1) is 12.6 Å². The molecule has 2 amide bonds. The van der Waals surface area contributed by atoms with Crippen molar-refractivity contribution in [3.05, 3.63) is 97.8 Å². The number of carbonyl (C=O) groups excluding carboxylic acids is 1. The van der Waals surface area contributed by atoms with Gasteiger partial charge in [-0.1, -0.05) is 49.1 Å². The molecule has 0 radical (unpaired) electrons. The average molecular weight is 562 g/mol. The number of hydrogen-bond acceptors (Lipinski definition) is 7. The second-order valence-electron chi connectivity index (χ2n) is 9.83. The van der Waals surface area contributed by atoms with E-state index in [0.29, 0.717) is 55.7 Å².